The molecule has 7 heteroatoms. The first-order chi connectivity index (χ1) is 19.0. The second-order valence-corrected chi connectivity index (χ2v) is 14.4. The molecule has 2 unspecified atom stereocenters. The molecule has 1 aliphatic rings. The van der Waals surface area contributed by atoms with Gasteiger partial charge in [-0.1, -0.05) is 147 Å². The molecular formula is C32H25BBr2O3P-. The summed E-state index contributed by atoms with van der Waals surface area (Å²) in [6.07, 6.45) is 0. The van der Waals surface area contributed by atoms with E-state index in [9.17, 15) is 0 Å². The molecule has 194 valence electrons. The largest absolute Gasteiger partial charge is 0.549 e. The molecule has 0 saturated carbocycles. The number of halogens is 2. The lowest BCUT2D eigenvalue weighted by atomic mass is 9.46. The van der Waals surface area contributed by atoms with Crippen molar-refractivity contribution in [3.8, 4) is 0 Å². The highest BCUT2D eigenvalue weighted by atomic mass is 79.9. The predicted octanol–water partition coefficient (Wildman–Crippen LogP) is 7.90. The van der Waals surface area contributed by atoms with Gasteiger partial charge in [-0.3, -0.25) is 0 Å². The fourth-order valence-corrected chi connectivity index (χ4v) is 9.29. The van der Waals surface area contributed by atoms with Gasteiger partial charge < -0.3 is 13.9 Å². The van der Waals surface area contributed by atoms with Gasteiger partial charge in [0.2, 0.25) is 0 Å². The standard InChI is InChI=1S/C32H25BBr2O3P/c34-28-20-16-24(17-21-28)31-37-33(26-10-4-1-5-11-26,27-12-6-2-7-13-27)38-32(25-18-22-29(35)23-19-25)39(31,36)30-14-8-3-9-15-30/h1-23,31-32H/q-1. The monoisotopic (exact) mass is 657 g/mol. The highest BCUT2D eigenvalue weighted by Crippen LogP contribution is 2.72. The third-order valence-electron chi connectivity index (χ3n) is 7.28. The van der Waals surface area contributed by atoms with Gasteiger partial charge in [-0.25, -0.2) is 0 Å². The van der Waals surface area contributed by atoms with Crippen LogP contribution in [-0.4, -0.2) is 6.55 Å². The van der Waals surface area contributed by atoms with Crippen LogP contribution in [0.2, 0.25) is 0 Å². The van der Waals surface area contributed by atoms with Crippen molar-refractivity contribution < 1.29 is 13.9 Å². The van der Waals surface area contributed by atoms with E-state index in [1.807, 2.05) is 140 Å². The summed E-state index contributed by atoms with van der Waals surface area (Å²) in [5.74, 6) is -1.51. The fourth-order valence-electron chi connectivity index (χ4n) is 5.41. The van der Waals surface area contributed by atoms with Gasteiger partial charge in [-0.15, -0.1) is 10.9 Å². The summed E-state index contributed by atoms with van der Waals surface area (Å²) in [4.78, 5) is 0. The number of hydrogen-bond donors (Lipinski definition) is 0. The van der Waals surface area contributed by atoms with Gasteiger partial charge in [0.25, 0.3) is 6.55 Å². The van der Waals surface area contributed by atoms with E-state index in [-0.39, 0.29) is 0 Å². The molecule has 39 heavy (non-hydrogen) atoms. The van der Waals surface area contributed by atoms with Crippen molar-refractivity contribution in [3.05, 3.63) is 160 Å². The quantitative estimate of drug-likeness (QED) is 0.142. The first-order valence-corrected chi connectivity index (χ1v) is 16.2. The Morgan fingerprint density at radius 3 is 1.26 bits per heavy atom. The Kier molecular flexibility index (Phi) is 7.50. The molecule has 5 aromatic carbocycles. The molecule has 0 amide bonds. The molecule has 5 aromatic rings. The fraction of sp³-hybridized carbons (Fsp3) is 0.0625. The van der Waals surface area contributed by atoms with E-state index >= 15 is 4.57 Å². The Labute approximate surface area is 245 Å². The molecule has 1 aliphatic heterocycles. The van der Waals surface area contributed by atoms with Crippen molar-refractivity contribution in [2.45, 2.75) is 11.7 Å². The van der Waals surface area contributed by atoms with E-state index in [2.05, 4.69) is 31.9 Å². The zero-order valence-electron chi connectivity index (χ0n) is 20.9. The minimum absolute atomic E-state index is 0.719. The van der Waals surface area contributed by atoms with Crippen LogP contribution in [0.25, 0.3) is 0 Å². The molecule has 0 spiro atoms. The van der Waals surface area contributed by atoms with Crippen LogP contribution >= 0.6 is 39.0 Å². The second-order valence-electron chi connectivity index (χ2n) is 9.66. The lowest BCUT2D eigenvalue weighted by molar-refractivity contribution is 0.123. The van der Waals surface area contributed by atoms with Crippen LogP contribution in [0.3, 0.4) is 0 Å². The molecule has 2 atom stereocenters. The van der Waals surface area contributed by atoms with Crippen LogP contribution in [0.5, 0.6) is 0 Å². The van der Waals surface area contributed by atoms with E-state index in [1.54, 1.807) is 0 Å². The van der Waals surface area contributed by atoms with Gasteiger partial charge in [-0.05, 0) is 35.4 Å². The average Bonchev–Trinajstić information content (AvgIpc) is 3.00. The van der Waals surface area contributed by atoms with Gasteiger partial charge in [0, 0.05) is 14.2 Å². The number of benzene rings is 5. The average molecular weight is 659 g/mol. The maximum Gasteiger partial charge on any atom is 0.300 e. The molecule has 0 aromatic heterocycles. The molecule has 0 aliphatic carbocycles. The van der Waals surface area contributed by atoms with Crippen molar-refractivity contribution in [1.82, 2.24) is 0 Å². The Hall–Kier alpha value is -2.73. The number of rotatable bonds is 5. The Balaban J connectivity index is 1.67. The minimum Gasteiger partial charge on any atom is -0.549 e. The third-order valence-corrected chi connectivity index (χ3v) is 11.7. The van der Waals surface area contributed by atoms with Gasteiger partial charge >= 0.3 is 0 Å². The lowest BCUT2D eigenvalue weighted by Gasteiger charge is -2.56. The summed E-state index contributed by atoms with van der Waals surface area (Å²) in [6.45, 7) is -2.23. The second kappa shape index (κ2) is 11.0. The molecule has 0 radical (unpaired) electrons. The number of hydrogen-bond acceptors (Lipinski definition) is 3. The first kappa shape index (κ1) is 26.5. The molecule has 1 fully saturated rings. The van der Waals surface area contributed by atoms with Gasteiger partial charge in [0.15, 0.2) is 7.14 Å². The third kappa shape index (κ3) is 4.90. The van der Waals surface area contributed by atoms with Crippen LogP contribution in [0.4, 0.5) is 0 Å². The van der Waals surface area contributed by atoms with Crippen LogP contribution < -0.4 is 16.2 Å². The maximum absolute atomic E-state index is 15.8. The Morgan fingerprint density at radius 1 is 0.513 bits per heavy atom. The van der Waals surface area contributed by atoms with Crippen LogP contribution in [-0.2, 0) is 13.9 Å². The van der Waals surface area contributed by atoms with Gasteiger partial charge in [-0.2, -0.15) is 0 Å². The SMILES string of the molecule is O=P1(c2ccccc2)C(c2ccc(Br)cc2)O[B-](c2ccccc2)(c2ccccc2)OC1c1ccc(Br)cc1. The molecular weight excluding hydrogens is 634 g/mol. The van der Waals surface area contributed by atoms with Crippen molar-refractivity contribution >= 4 is 61.8 Å². The van der Waals surface area contributed by atoms with E-state index in [1.165, 1.54) is 0 Å². The van der Waals surface area contributed by atoms with Crippen molar-refractivity contribution in [1.29, 1.82) is 0 Å². The Bertz CT molecular complexity index is 1500. The predicted molar refractivity (Wildman–Crippen MR) is 168 cm³/mol. The Morgan fingerprint density at radius 2 is 0.872 bits per heavy atom. The molecule has 3 nitrogen and oxygen atoms in total. The van der Waals surface area contributed by atoms with Crippen molar-refractivity contribution in [2.75, 3.05) is 0 Å². The minimum atomic E-state index is -3.44. The van der Waals surface area contributed by atoms with E-state index < -0.39 is 25.4 Å². The summed E-state index contributed by atoms with van der Waals surface area (Å²) in [5, 5.41) is 0.719. The normalized spacial score (nSPS) is 22.3. The highest BCUT2D eigenvalue weighted by molar-refractivity contribution is 9.10. The van der Waals surface area contributed by atoms with Crippen molar-refractivity contribution in [3.63, 3.8) is 0 Å². The van der Waals surface area contributed by atoms with Gasteiger partial charge in [0.1, 0.15) is 11.7 Å². The molecule has 0 bridgehead atoms. The first-order valence-electron chi connectivity index (χ1n) is 12.8. The van der Waals surface area contributed by atoms with E-state index in [0.29, 0.717) is 0 Å². The summed E-state index contributed by atoms with van der Waals surface area (Å²) < 4.78 is 32.0. The smallest absolute Gasteiger partial charge is 0.300 e. The van der Waals surface area contributed by atoms with Crippen LogP contribution in [0, 0.1) is 0 Å². The van der Waals surface area contributed by atoms with Gasteiger partial charge in [0.05, 0.1) is 0 Å². The van der Waals surface area contributed by atoms with Crippen molar-refractivity contribution in [2.24, 2.45) is 0 Å². The summed E-state index contributed by atoms with van der Waals surface area (Å²) in [6, 6.07) is 45.5. The van der Waals surface area contributed by atoms with E-state index in [4.69, 9.17) is 9.31 Å². The van der Waals surface area contributed by atoms with E-state index in [0.717, 1.165) is 36.3 Å². The molecule has 1 heterocycles. The summed E-state index contributed by atoms with van der Waals surface area (Å²) in [5.41, 5.74) is 3.47. The summed E-state index contributed by atoms with van der Waals surface area (Å²) >= 11 is 7.12. The zero-order chi connectivity index (χ0) is 26.9. The molecule has 0 N–H and O–H groups in total. The molecule has 1 saturated heterocycles. The highest BCUT2D eigenvalue weighted by Gasteiger charge is 2.53. The summed E-state index contributed by atoms with van der Waals surface area (Å²) in [7, 11) is -3.44. The maximum atomic E-state index is 15.8. The van der Waals surface area contributed by atoms with Crippen LogP contribution in [0.15, 0.2) is 148 Å². The topological polar surface area (TPSA) is 35.5 Å². The van der Waals surface area contributed by atoms with Crippen LogP contribution in [0.1, 0.15) is 22.8 Å². The molecule has 6 rings (SSSR count). The lowest BCUT2D eigenvalue weighted by Crippen LogP contribution is -2.66. The zero-order valence-corrected chi connectivity index (χ0v) is 25.0.